The monoisotopic (exact) mass is 340 g/mol. The molecule has 138 valence electrons. The first-order valence-corrected chi connectivity index (χ1v) is 8.58. The molecule has 1 N–H and O–H groups in total. The SMILES string of the molecule is CCOC(C)Oc1cc(CC(C)(C)C)cc(OC(C)OCC)c1O. The Morgan fingerprint density at radius 2 is 1.33 bits per heavy atom. The highest BCUT2D eigenvalue weighted by Crippen LogP contribution is 2.40. The zero-order chi connectivity index (χ0) is 18.3. The van der Waals surface area contributed by atoms with Crippen molar-refractivity contribution in [1.82, 2.24) is 0 Å². The average Bonchev–Trinajstić information content (AvgIpc) is 2.42. The number of ether oxygens (including phenoxy) is 4. The molecule has 0 aliphatic carbocycles. The zero-order valence-corrected chi connectivity index (χ0v) is 16.0. The lowest BCUT2D eigenvalue weighted by Gasteiger charge is -2.23. The van der Waals surface area contributed by atoms with Crippen LogP contribution in [0.25, 0.3) is 0 Å². The van der Waals surface area contributed by atoms with Crippen LogP contribution < -0.4 is 9.47 Å². The third-order valence-corrected chi connectivity index (χ3v) is 3.22. The zero-order valence-electron chi connectivity index (χ0n) is 16.0. The molecule has 0 spiro atoms. The maximum atomic E-state index is 10.5. The van der Waals surface area contributed by atoms with Gasteiger partial charge in [-0.05, 0) is 57.2 Å². The number of phenolic OH excluding ortho intramolecular Hbond substituents is 1. The van der Waals surface area contributed by atoms with Crippen LogP contribution in [0.5, 0.6) is 17.2 Å². The van der Waals surface area contributed by atoms with Crippen molar-refractivity contribution in [3.05, 3.63) is 17.7 Å². The van der Waals surface area contributed by atoms with Crippen molar-refractivity contribution in [2.75, 3.05) is 13.2 Å². The molecule has 2 unspecified atom stereocenters. The van der Waals surface area contributed by atoms with Gasteiger partial charge in [-0.2, -0.15) is 0 Å². The maximum absolute atomic E-state index is 10.5. The van der Waals surface area contributed by atoms with Crippen molar-refractivity contribution < 1.29 is 24.1 Å². The van der Waals surface area contributed by atoms with Crippen molar-refractivity contribution in [3.8, 4) is 17.2 Å². The first-order chi connectivity index (χ1) is 11.2. The van der Waals surface area contributed by atoms with Crippen LogP contribution >= 0.6 is 0 Å². The van der Waals surface area contributed by atoms with Gasteiger partial charge in [0.2, 0.25) is 5.75 Å². The molecule has 1 aromatic rings. The normalized spacial score (nSPS) is 14.3. The Hall–Kier alpha value is -1.46. The Labute approximate surface area is 145 Å². The lowest BCUT2D eigenvalue weighted by molar-refractivity contribution is -0.0671. The molecule has 0 radical (unpaired) electrons. The minimum atomic E-state index is -0.456. The molecule has 5 heteroatoms. The highest BCUT2D eigenvalue weighted by molar-refractivity contribution is 5.53. The maximum Gasteiger partial charge on any atom is 0.201 e. The van der Waals surface area contributed by atoms with Gasteiger partial charge in [0.1, 0.15) is 0 Å². The third-order valence-electron chi connectivity index (χ3n) is 3.22. The summed E-state index contributed by atoms with van der Waals surface area (Å²) in [5, 5.41) is 10.5. The molecule has 0 fully saturated rings. The van der Waals surface area contributed by atoms with E-state index in [0.29, 0.717) is 24.7 Å². The van der Waals surface area contributed by atoms with E-state index in [1.165, 1.54) is 0 Å². The predicted octanol–water partition coefficient (Wildman–Crippen LogP) is 4.50. The van der Waals surface area contributed by atoms with E-state index in [1.807, 2.05) is 26.0 Å². The molecule has 5 nitrogen and oxygen atoms in total. The average molecular weight is 340 g/mol. The van der Waals surface area contributed by atoms with E-state index in [-0.39, 0.29) is 11.2 Å². The van der Waals surface area contributed by atoms with Crippen LogP contribution in [0.15, 0.2) is 12.1 Å². The van der Waals surface area contributed by atoms with Gasteiger partial charge in [0.25, 0.3) is 0 Å². The minimum absolute atomic E-state index is 0.0363. The second-order valence-corrected chi connectivity index (χ2v) is 6.96. The summed E-state index contributed by atoms with van der Waals surface area (Å²) in [4.78, 5) is 0. The Kier molecular flexibility index (Phi) is 7.84. The summed E-state index contributed by atoms with van der Waals surface area (Å²) in [6.07, 6.45) is -0.0858. The molecule has 0 aromatic heterocycles. The minimum Gasteiger partial charge on any atom is -0.502 e. The first kappa shape index (κ1) is 20.6. The summed E-state index contributed by atoms with van der Waals surface area (Å²) in [6, 6.07) is 3.68. The molecule has 1 rings (SSSR count). The molecule has 0 bridgehead atoms. The molecule has 0 aliphatic heterocycles. The van der Waals surface area contributed by atoms with E-state index in [1.54, 1.807) is 13.8 Å². The van der Waals surface area contributed by atoms with Gasteiger partial charge in [-0.3, -0.25) is 0 Å². The topological polar surface area (TPSA) is 57.2 Å². The summed E-state index contributed by atoms with van der Waals surface area (Å²) < 4.78 is 22.3. The van der Waals surface area contributed by atoms with Crippen LogP contribution in [-0.2, 0) is 15.9 Å². The summed E-state index contributed by atoms with van der Waals surface area (Å²) in [6.45, 7) is 14.9. The number of phenols is 1. The van der Waals surface area contributed by atoms with Crippen LogP contribution in [0.1, 0.15) is 54.0 Å². The first-order valence-electron chi connectivity index (χ1n) is 8.58. The summed E-state index contributed by atoms with van der Waals surface area (Å²) in [5.41, 5.74) is 1.13. The molecular weight excluding hydrogens is 308 g/mol. The standard InChI is InChI=1S/C19H32O5/c1-8-21-13(3)23-16-10-15(12-19(5,6)7)11-17(18(16)20)24-14(4)22-9-2/h10-11,13-14,20H,8-9,12H2,1-7H3. The molecule has 0 saturated heterocycles. The lowest BCUT2D eigenvalue weighted by Crippen LogP contribution is -2.18. The predicted molar refractivity (Wildman–Crippen MR) is 94.7 cm³/mol. The van der Waals surface area contributed by atoms with E-state index >= 15 is 0 Å². The molecule has 0 heterocycles. The van der Waals surface area contributed by atoms with Gasteiger partial charge in [-0.1, -0.05) is 20.8 Å². The van der Waals surface area contributed by atoms with E-state index in [0.717, 1.165) is 12.0 Å². The Morgan fingerprint density at radius 1 is 0.917 bits per heavy atom. The van der Waals surface area contributed by atoms with Crippen LogP contribution in [0.3, 0.4) is 0 Å². The highest BCUT2D eigenvalue weighted by atomic mass is 16.7. The Bertz CT molecular complexity index is 472. The molecule has 2 atom stereocenters. The van der Waals surface area contributed by atoms with Crippen molar-refractivity contribution >= 4 is 0 Å². The van der Waals surface area contributed by atoms with Crippen LogP contribution in [-0.4, -0.2) is 30.9 Å². The molecule has 0 saturated carbocycles. The van der Waals surface area contributed by atoms with Crippen molar-refractivity contribution in [2.45, 2.75) is 67.5 Å². The molecular formula is C19H32O5. The van der Waals surface area contributed by atoms with Gasteiger partial charge in [-0.25, -0.2) is 0 Å². The smallest absolute Gasteiger partial charge is 0.201 e. The second-order valence-electron chi connectivity index (χ2n) is 6.96. The van der Waals surface area contributed by atoms with Crippen LogP contribution in [0.4, 0.5) is 0 Å². The fraction of sp³-hybridized carbons (Fsp3) is 0.684. The van der Waals surface area contributed by atoms with Crippen molar-refractivity contribution in [3.63, 3.8) is 0 Å². The van der Waals surface area contributed by atoms with Gasteiger partial charge >= 0.3 is 0 Å². The molecule has 24 heavy (non-hydrogen) atoms. The largest absolute Gasteiger partial charge is 0.502 e. The highest BCUT2D eigenvalue weighted by Gasteiger charge is 2.20. The summed E-state index contributed by atoms with van der Waals surface area (Å²) in [7, 11) is 0. The third kappa shape index (κ3) is 6.97. The van der Waals surface area contributed by atoms with Crippen molar-refractivity contribution in [1.29, 1.82) is 0 Å². The fourth-order valence-corrected chi connectivity index (χ4v) is 2.43. The van der Waals surface area contributed by atoms with Gasteiger partial charge in [0.05, 0.1) is 0 Å². The van der Waals surface area contributed by atoms with Gasteiger partial charge in [0.15, 0.2) is 24.1 Å². The van der Waals surface area contributed by atoms with E-state index in [9.17, 15) is 5.11 Å². The Morgan fingerprint density at radius 3 is 1.67 bits per heavy atom. The number of hydrogen-bond acceptors (Lipinski definition) is 5. The number of aromatic hydroxyl groups is 1. The molecule has 0 aliphatic rings. The van der Waals surface area contributed by atoms with Crippen molar-refractivity contribution in [2.24, 2.45) is 5.41 Å². The number of rotatable bonds is 9. The lowest BCUT2D eigenvalue weighted by atomic mass is 9.88. The van der Waals surface area contributed by atoms with E-state index in [4.69, 9.17) is 18.9 Å². The second kappa shape index (κ2) is 9.14. The Balaban J connectivity index is 3.12. The summed E-state index contributed by atoms with van der Waals surface area (Å²) in [5.74, 6) is 0.679. The van der Waals surface area contributed by atoms with Gasteiger partial charge in [0, 0.05) is 13.2 Å². The van der Waals surface area contributed by atoms with Gasteiger partial charge in [-0.15, -0.1) is 0 Å². The van der Waals surface area contributed by atoms with E-state index in [2.05, 4.69) is 20.8 Å². The quantitative estimate of drug-likeness (QED) is 0.671. The summed E-state index contributed by atoms with van der Waals surface area (Å²) >= 11 is 0. The number of hydrogen-bond donors (Lipinski definition) is 1. The van der Waals surface area contributed by atoms with E-state index < -0.39 is 12.6 Å². The fourth-order valence-electron chi connectivity index (χ4n) is 2.43. The van der Waals surface area contributed by atoms with Gasteiger partial charge < -0.3 is 24.1 Å². The molecule has 1 aromatic carbocycles. The van der Waals surface area contributed by atoms with Crippen LogP contribution in [0, 0.1) is 5.41 Å². The molecule has 0 amide bonds. The number of benzene rings is 1. The van der Waals surface area contributed by atoms with Crippen LogP contribution in [0.2, 0.25) is 0 Å².